The summed E-state index contributed by atoms with van der Waals surface area (Å²) >= 11 is 3.11. The van der Waals surface area contributed by atoms with Crippen LogP contribution < -0.4 is 10.3 Å². The molecule has 0 bridgehead atoms. The van der Waals surface area contributed by atoms with Gasteiger partial charge in [0.05, 0.1) is 10.8 Å². The summed E-state index contributed by atoms with van der Waals surface area (Å²) in [6, 6.07) is 3.71. The number of nitro groups is 1. The third-order valence-electron chi connectivity index (χ3n) is 2.84. The second-order valence-corrected chi connectivity index (χ2v) is 5.12. The average Bonchev–Trinajstić information content (AvgIpc) is 2.75. The van der Waals surface area contributed by atoms with Gasteiger partial charge in [-0.2, -0.15) is 4.68 Å². The number of nitrogens with zero attached hydrogens (tertiary/aromatic N) is 3. The van der Waals surface area contributed by atoms with E-state index in [0.717, 1.165) is 5.56 Å². The van der Waals surface area contributed by atoms with Gasteiger partial charge in [-0.05, 0) is 33.8 Å². The summed E-state index contributed by atoms with van der Waals surface area (Å²) in [5, 5.41) is 17.3. The third-order valence-corrected chi connectivity index (χ3v) is 3.77. The van der Waals surface area contributed by atoms with Crippen molar-refractivity contribution < 1.29 is 14.7 Å². The van der Waals surface area contributed by atoms with Crippen LogP contribution in [0.3, 0.4) is 0 Å². The number of hydrogen-bond donors (Lipinski definition) is 1. The fraction of sp³-hybridized carbons (Fsp3) is 0.250. The number of halogens is 1. The first-order chi connectivity index (χ1) is 9.99. The molecule has 0 unspecified atom stereocenters. The fourth-order valence-electron chi connectivity index (χ4n) is 1.71. The maximum Gasteiger partial charge on any atom is 0.404 e. The summed E-state index contributed by atoms with van der Waals surface area (Å²) in [5.74, 6) is -0.565. The Morgan fingerprint density at radius 1 is 1.62 bits per heavy atom. The molecule has 2 aromatic rings. The van der Waals surface area contributed by atoms with Crippen LogP contribution in [0.1, 0.15) is 11.3 Å². The molecule has 0 aliphatic rings. The van der Waals surface area contributed by atoms with Crippen molar-refractivity contribution in [2.24, 2.45) is 0 Å². The van der Waals surface area contributed by atoms with Crippen LogP contribution in [0.2, 0.25) is 0 Å². The van der Waals surface area contributed by atoms with Crippen molar-refractivity contribution in [2.45, 2.75) is 20.0 Å². The van der Waals surface area contributed by atoms with Crippen LogP contribution in [0, 0.1) is 17.0 Å². The number of pyridine rings is 1. The quantitative estimate of drug-likeness (QED) is 0.638. The van der Waals surface area contributed by atoms with Crippen LogP contribution in [0.4, 0.5) is 5.82 Å². The molecule has 0 aliphatic carbocycles. The van der Waals surface area contributed by atoms with Crippen LogP contribution in [-0.4, -0.2) is 20.6 Å². The molecule has 2 heterocycles. The molecule has 2 aromatic heterocycles. The monoisotopic (exact) mass is 354 g/mol. The SMILES string of the molecule is Cc1c(Br)c([N+](=O)[O-])nn1CC(=O)NCc1ccc[nH+]c1. The van der Waals surface area contributed by atoms with Crippen molar-refractivity contribution in [3.8, 4) is 0 Å². The summed E-state index contributed by atoms with van der Waals surface area (Å²) in [5.41, 5.74) is 1.46. The van der Waals surface area contributed by atoms with Gasteiger partial charge < -0.3 is 15.4 Å². The van der Waals surface area contributed by atoms with Crippen molar-refractivity contribution in [2.75, 3.05) is 0 Å². The van der Waals surface area contributed by atoms with Crippen LogP contribution in [-0.2, 0) is 17.9 Å². The van der Waals surface area contributed by atoms with E-state index >= 15 is 0 Å². The van der Waals surface area contributed by atoms with Crippen LogP contribution in [0.25, 0.3) is 0 Å². The number of carbonyl (C=O) groups is 1. The van der Waals surface area contributed by atoms with Crippen molar-refractivity contribution in [3.05, 3.63) is 50.4 Å². The number of nitrogens with one attached hydrogen (secondary N) is 2. The summed E-state index contributed by atoms with van der Waals surface area (Å²) in [7, 11) is 0. The summed E-state index contributed by atoms with van der Waals surface area (Å²) in [4.78, 5) is 25.0. The minimum atomic E-state index is -0.592. The van der Waals surface area contributed by atoms with E-state index in [0.29, 0.717) is 12.2 Å². The summed E-state index contributed by atoms with van der Waals surface area (Å²) in [6.07, 6.45) is 3.55. The first-order valence-corrected chi connectivity index (χ1v) is 6.87. The Kier molecular flexibility index (Phi) is 4.63. The molecular formula is C12H13BrN5O3+. The van der Waals surface area contributed by atoms with Gasteiger partial charge in [0.25, 0.3) is 0 Å². The molecule has 0 fully saturated rings. The number of amides is 1. The fourth-order valence-corrected chi connectivity index (χ4v) is 2.14. The van der Waals surface area contributed by atoms with E-state index in [1.165, 1.54) is 4.68 Å². The highest BCUT2D eigenvalue weighted by atomic mass is 79.9. The lowest BCUT2D eigenvalue weighted by Gasteiger charge is -2.03. The lowest BCUT2D eigenvalue weighted by molar-refractivity contribution is -0.390. The van der Waals surface area contributed by atoms with Gasteiger partial charge in [0.2, 0.25) is 5.91 Å². The second kappa shape index (κ2) is 6.44. The highest BCUT2D eigenvalue weighted by Gasteiger charge is 2.24. The minimum Gasteiger partial charge on any atom is -0.358 e. The van der Waals surface area contributed by atoms with E-state index in [-0.39, 0.29) is 22.7 Å². The minimum absolute atomic E-state index is 0.0746. The number of hydrogen-bond acceptors (Lipinski definition) is 4. The summed E-state index contributed by atoms with van der Waals surface area (Å²) < 4.78 is 1.59. The molecule has 9 heteroatoms. The van der Waals surface area contributed by atoms with E-state index < -0.39 is 4.92 Å². The second-order valence-electron chi connectivity index (χ2n) is 4.33. The van der Waals surface area contributed by atoms with E-state index in [1.54, 1.807) is 19.3 Å². The normalized spacial score (nSPS) is 10.4. The van der Waals surface area contributed by atoms with Crippen LogP contribution >= 0.6 is 15.9 Å². The third kappa shape index (κ3) is 3.63. The van der Waals surface area contributed by atoms with Gasteiger partial charge in [-0.15, -0.1) is 0 Å². The zero-order valence-corrected chi connectivity index (χ0v) is 12.8. The molecule has 0 atom stereocenters. The molecule has 0 saturated carbocycles. The predicted octanol–water partition coefficient (Wildman–Crippen LogP) is 0.993. The molecule has 2 rings (SSSR count). The van der Waals surface area contributed by atoms with Crippen LogP contribution in [0.15, 0.2) is 29.0 Å². The van der Waals surface area contributed by atoms with Gasteiger partial charge in [-0.1, -0.05) is 0 Å². The van der Waals surface area contributed by atoms with Crippen molar-refractivity contribution in [1.82, 2.24) is 15.1 Å². The molecule has 0 aromatic carbocycles. The molecule has 110 valence electrons. The Labute approximate surface area is 128 Å². The van der Waals surface area contributed by atoms with Gasteiger partial charge in [0.1, 0.15) is 11.0 Å². The topological polar surface area (TPSA) is 104 Å². The molecule has 0 radical (unpaired) electrons. The van der Waals surface area contributed by atoms with E-state index in [4.69, 9.17) is 0 Å². The molecule has 0 spiro atoms. The molecule has 2 N–H and O–H groups in total. The van der Waals surface area contributed by atoms with Gasteiger partial charge in [0.15, 0.2) is 12.4 Å². The largest absolute Gasteiger partial charge is 0.404 e. The molecule has 8 nitrogen and oxygen atoms in total. The van der Waals surface area contributed by atoms with Gasteiger partial charge in [0, 0.05) is 18.2 Å². The number of aromatic amines is 1. The molecule has 21 heavy (non-hydrogen) atoms. The lowest BCUT2D eigenvalue weighted by Crippen LogP contribution is -2.28. The van der Waals surface area contributed by atoms with Crippen LogP contribution in [0.5, 0.6) is 0 Å². The zero-order chi connectivity index (χ0) is 15.4. The highest BCUT2D eigenvalue weighted by molar-refractivity contribution is 9.10. The predicted molar refractivity (Wildman–Crippen MR) is 76.2 cm³/mol. The van der Waals surface area contributed by atoms with Gasteiger partial charge in [-0.25, -0.2) is 4.98 Å². The average molecular weight is 355 g/mol. The number of rotatable bonds is 5. The molecular weight excluding hydrogens is 342 g/mol. The molecule has 0 aliphatic heterocycles. The Balaban J connectivity index is 2.00. The lowest BCUT2D eigenvalue weighted by atomic mass is 10.3. The Morgan fingerprint density at radius 2 is 2.38 bits per heavy atom. The zero-order valence-electron chi connectivity index (χ0n) is 11.2. The number of carbonyl (C=O) groups excluding carboxylic acids is 1. The molecule has 1 amide bonds. The van der Waals surface area contributed by atoms with E-state index in [1.807, 2.05) is 12.1 Å². The van der Waals surface area contributed by atoms with Crippen molar-refractivity contribution in [3.63, 3.8) is 0 Å². The Bertz CT molecular complexity index is 671. The maximum atomic E-state index is 11.9. The Morgan fingerprint density at radius 3 is 2.95 bits per heavy atom. The standard InChI is InChI=1S/C12H12BrN5O3/c1-8-11(13)12(18(20)21)16-17(8)7-10(19)15-6-9-3-2-4-14-5-9/h2-5H,6-7H2,1H3,(H,15,19)/p+1. The first-order valence-electron chi connectivity index (χ1n) is 6.08. The smallest absolute Gasteiger partial charge is 0.358 e. The van der Waals surface area contributed by atoms with E-state index in [2.05, 4.69) is 31.3 Å². The maximum absolute atomic E-state index is 11.9. The number of aromatic nitrogens is 3. The molecule has 0 saturated heterocycles. The van der Waals surface area contributed by atoms with Crippen molar-refractivity contribution >= 4 is 27.7 Å². The first kappa shape index (κ1) is 15.1. The summed E-state index contributed by atoms with van der Waals surface area (Å²) in [6.45, 7) is 1.96. The Hall–Kier alpha value is -2.29. The van der Waals surface area contributed by atoms with Gasteiger partial charge in [-0.3, -0.25) is 4.79 Å². The number of H-pyrrole nitrogens is 1. The van der Waals surface area contributed by atoms with Gasteiger partial charge >= 0.3 is 5.82 Å². The van der Waals surface area contributed by atoms with Crippen molar-refractivity contribution in [1.29, 1.82) is 0 Å². The highest BCUT2D eigenvalue weighted by Crippen LogP contribution is 2.26. The van der Waals surface area contributed by atoms with E-state index in [9.17, 15) is 14.9 Å².